The minimum atomic E-state index is 0.300. The van der Waals surface area contributed by atoms with Gasteiger partial charge in [-0.1, -0.05) is 0 Å². The monoisotopic (exact) mass is 197 g/mol. The van der Waals surface area contributed by atoms with E-state index in [2.05, 4.69) is 4.90 Å². The maximum absolute atomic E-state index is 11.6. The second kappa shape index (κ2) is 4.28. The van der Waals surface area contributed by atoms with Crippen LogP contribution in [0.5, 0.6) is 0 Å². The highest BCUT2D eigenvalue weighted by atomic mass is 16.2. The highest BCUT2D eigenvalue weighted by Gasteiger charge is 2.26. The Morgan fingerprint density at radius 1 is 1.36 bits per heavy atom. The summed E-state index contributed by atoms with van der Waals surface area (Å²) in [5, 5.41) is 0. The topological polar surface area (TPSA) is 49.6 Å². The fraction of sp³-hybridized carbons (Fsp3) is 0.900. The van der Waals surface area contributed by atoms with Gasteiger partial charge in [0.15, 0.2) is 0 Å². The van der Waals surface area contributed by atoms with E-state index in [-0.39, 0.29) is 0 Å². The molecular formula is C10H19N3O. The summed E-state index contributed by atoms with van der Waals surface area (Å²) >= 11 is 0. The summed E-state index contributed by atoms with van der Waals surface area (Å²) in [5.41, 5.74) is 5.60. The first-order chi connectivity index (χ1) is 6.79. The van der Waals surface area contributed by atoms with E-state index in [0.717, 1.165) is 39.1 Å². The molecular weight excluding hydrogens is 178 g/mol. The van der Waals surface area contributed by atoms with E-state index in [4.69, 9.17) is 5.73 Å². The Morgan fingerprint density at radius 3 is 2.64 bits per heavy atom. The van der Waals surface area contributed by atoms with E-state index in [0.29, 0.717) is 18.4 Å². The molecule has 2 saturated heterocycles. The average Bonchev–Trinajstić information content (AvgIpc) is 2.48. The molecule has 0 bridgehead atoms. The molecule has 4 heteroatoms. The van der Waals surface area contributed by atoms with Crippen LogP contribution in [0.15, 0.2) is 0 Å². The highest BCUT2D eigenvalue weighted by molar-refractivity contribution is 5.78. The van der Waals surface area contributed by atoms with Gasteiger partial charge in [-0.2, -0.15) is 0 Å². The number of carbonyl (C=O) groups excluding carboxylic acids is 1. The molecule has 1 atom stereocenters. The third kappa shape index (κ3) is 2.07. The zero-order chi connectivity index (χ0) is 9.97. The van der Waals surface area contributed by atoms with Crippen molar-refractivity contribution in [3.8, 4) is 0 Å². The molecule has 14 heavy (non-hydrogen) atoms. The molecule has 2 aliphatic rings. The number of nitrogens with two attached hydrogens (primary N) is 1. The van der Waals surface area contributed by atoms with Gasteiger partial charge < -0.3 is 10.6 Å². The van der Waals surface area contributed by atoms with Gasteiger partial charge >= 0.3 is 0 Å². The lowest BCUT2D eigenvalue weighted by atomic mass is 10.1. The zero-order valence-corrected chi connectivity index (χ0v) is 8.61. The Bertz CT molecular complexity index is 215. The Morgan fingerprint density at radius 2 is 2.14 bits per heavy atom. The molecule has 2 fully saturated rings. The van der Waals surface area contributed by atoms with E-state index in [1.54, 1.807) is 0 Å². The molecule has 0 aliphatic carbocycles. The van der Waals surface area contributed by atoms with E-state index >= 15 is 0 Å². The Labute approximate surface area is 85.0 Å². The molecule has 2 rings (SSSR count). The quantitative estimate of drug-likeness (QED) is 0.663. The minimum absolute atomic E-state index is 0.300. The molecule has 2 N–H and O–H groups in total. The lowest BCUT2D eigenvalue weighted by Gasteiger charge is -2.32. The van der Waals surface area contributed by atoms with Crippen LogP contribution in [0.3, 0.4) is 0 Å². The SMILES string of the molecule is NCC1CCN(CC(=O)N2CCC2)C1. The van der Waals surface area contributed by atoms with Crippen LogP contribution >= 0.6 is 0 Å². The highest BCUT2D eigenvalue weighted by Crippen LogP contribution is 2.15. The van der Waals surface area contributed by atoms with Gasteiger partial charge in [-0.3, -0.25) is 9.69 Å². The number of nitrogens with zero attached hydrogens (tertiary/aromatic N) is 2. The number of hydrogen-bond donors (Lipinski definition) is 1. The van der Waals surface area contributed by atoms with Crippen molar-refractivity contribution in [1.29, 1.82) is 0 Å². The fourth-order valence-corrected chi connectivity index (χ4v) is 2.11. The second-order valence-corrected chi connectivity index (χ2v) is 4.36. The summed E-state index contributed by atoms with van der Waals surface area (Å²) in [6.45, 7) is 5.35. The average molecular weight is 197 g/mol. The molecule has 4 nitrogen and oxygen atoms in total. The van der Waals surface area contributed by atoms with Crippen molar-refractivity contribution in [3.05, 3.63) is 0 Å². The normalized spacial score (nSPS) is 27.8. The van der Waals surface area contributed by atoms with Crippen molar-refractivity contribution in [2.75, 3.05) is 39.3 Å². The lowest BCUT2D eigenvalue weighted by molar-refractivity contribution is -0.135. The van der Waals surface area contributed by atoms with Crippen LogP contribution in [0.2, 0.25) is 0 Å². The Balaban J connectivity index is 1.72. The van der Waals surface area contributed by atoms with Gasteiger partial charge in [0.05, 0.1) is 6.54 Å². The van der Waals surface area contributed by atoms with Crippen molar-refractivity contribution < 1.29 is 4.79 Å². The van der Waals surface area contributed by atoms with E-state index in [1.165, 1.54) is 6.42 Å². The summed E-state index contributed by atoms with van der Waals surface area (Å²) in [6, 6.07) is 0. The number of carbonyl (C=O) groups is 1. The molecule has 0 aromatic carbocycles. The largest absolute Gasteiger partial charge is 0.341 e. The zero-order valence-electron chi connectivity index (χ0n) is 8.61. The van der Waals surface area contributed by atoms with Crippen molar-refractivity contribution in [2.45, 2.75) is 12.8 Å². The van der Waals surface area contributed by atoms with Crippen LogP contribution in [0.1, 0.15) is 12.8 Å². The van der Waals surface area contributed by atoms with Gasteiger partial charge in [-0.25, -0.2) is 0 Å². The van der Waals surface area contributed by atoms with Crippen LogP contribution in [0.25, 0.3) is 0 Å². The van der Waals surface area contributed by atoms with Crippen molar-refractivity contribution >= 4 is 5.91 Å². The number of rotatable bonds is 3. The summed E-state index contributed by atoms with van der Waals surface area (Å²) in [5.74, 6) is 0.910. The third-order valence-corrected chi connectivity index (χ3v) is 3.27. The van der Waals surface area contributed by atoms with Crippen molar-refractivity contribution in [1.82, 2.24) is 9.80 Å². The van der Waals surface area contributed by atoms with Crippen molar-refractivity contribution in [3.63, 3.8) is 0 Å². The molecule has 0 saturated carbocycles. The summed E-state index contributed by atoms with van der Waals surface area (Å²) in [4.78, 5) is 15.8. The first-order valence-corrected chi connectivity index (χ1v) is 5.50. The minimum Gasteiger partial charge on any atom is -0.341 e. The van der Waals surface area contributed by atoms with Crippen LogP contribution in [0.4, 0.5) is 0 Å². The van der Waals surface area contributed by atoms with Crippen LogP contribution in [-0.2, 0) is 4.79 Å². The molecule has 0 radical (unpaired) electrons. The van der Waals surface area contributed by atoms with Gasteiger partial charge in [0.25, 0.3) is 0 Å². The van der Waals surface area contributed by atoms with Crippen LogP contribution in [0, 0.1) is 5.92 Å². The van der Waals surface area contributed by atoms with Gasteiger partial charge in [-0.15, -0.1) is 0 Å². The molecule has 80 valence electrons. The molecule has 1 amide bonds. The van der Waals surface area contributed by atoms with E-state index in [9.17, 15) is 4.79 Å². The summed E-state index contributed by atoms with van der Waals surface area (Å²) < 4.78 is 0. The standard InChI is InChI=1S/C10H19N3O/c11-6-9-2-5-12(7-9)8-10(14)13-3-1-4-13/h9H,1-8,11H2. The second-order valence-electron chi connectivity index (χ2n) is 4.36. The number of hydrogen-bond acceptors (Lipinski definition) is 3. The number of amides is 1. The molecule has 2 aliphatic heterocycles. The smallest absolute Gasteiger partial charge is 0.236 e. The van der Waals surface area contributed by atoms with Gasteiger partial charge in [-0.05, 0) is 31.8 Å². The van der Waals surface area contributed by atoms with Crippen molar-refractivity contribution in [2.24, 2.45) is 11.7 Å². The lowest BCUT2D eigenvalue weighted by Crippen LogP contribution is -2.46. The Kier molecular flexibility index (Phi) is 3.03. The number of likely N-dealkylation sites (tertiary alicyclic amines) is 2. The predicted octanol–water partition coefficient (Wildman–Crippen LogP) is -0.501. The van der Waals surface area contributed by atoms with Crippen LogP contribution < -0.4 is 5.73 Å². The molecule has 2 heterocycles. The van der Waals surface area contributed by atoms with Gasteiger partial charge in [0.1, 0.15) is 0 Å². The van der Waals surface area contributed by atoms with Crippen LogP contribution in [-0.4, -0.2) is 55.0 Å². The maximum atomic E-state index is 11.6. The van der Waals surface area contributed by atoms with E-state index < -0.39 is 0 Å². The molecule has 0 aromatic heterocycles. The van der Waals surface area contributed by atoms with Gasteiger partial charge in [0, 0.05) is 19.6 Å². The third-order valence-electron chi connectivity index (χ3n) is 3.27. The predicted molar refractivity (Wildman–Crippen MR) is 54.8 cm³/mol. The first kappa shape index (κ1) is 9.93. The molecule has 0 aromatic rings. The van der Waals surface area contributed by atoms with E-state index in [1.807, 2.05) is 4.90 Å². The summed E-state index contributed by atoms with van der Waals surface area (Å²) in [7, 11) is 0. The van der Waals surface area contributed by atoms with Gasteiger partial charge in [0.2, 0.25) is 5.91 Å². The fourth-order valence-electron chi connectivity index (χ4n) is 2.11. The maximum Gasteiger partial charge on any atom is 0.236 e. The Hall–Kier alpha value is -0.610. The first-order valence-electron chi connectivity index (χ1n) is 5.50. The molecule has 0 spiro atoms. The summed E-state index contributed by atoms with van der Waals surface area (Å²) in [6.07, 6.45) is 2.33. The molecule has 1 unspecified atom stereocenters.